The number of alkyl halides is 1. The Balaban J connectivity index is 1.32. The number of pyridine rings is 1. The van der Waals surface area contributed by atoms with Gasteiger partial charge in [-0.15, -0.1) is 11.3 Å². The summed E-state index contributed by atoms with van der Waals surface area (Å²) in [4.78, 5) is 22.6. The number of benzene rings is 1. The van der Waals surface area contributed by atoms with Crippen LogP contribution in [0, 0.1) is 11.8 Å². The van der Waals surface area contributed by atoms with Gasteiger partial charge < -0.3 is 14.7 Å². The zero-order chi connectivity index (χ0) is 24.6. The number of halogens is 1. The monoisotopic (exact) mass is 517 g/mol. The predicted molar refractivity (Wildman–Crippen MR) is 139 cm³/mol. The summed E-state index contributed by atoms with van der Waals surface area (Å²) in [6, 6.07) is 7.25. The van der Waals surface area contributed by atoms with Crippen molar-refractivity contribution < 1.29 is 19.0 Å². The number of carboxylic acids is 1. The van der Waals surface area contributed by atoms with Crippen LogP contribution in [0.5, 0.6) is 5.75 Å². The van der Waals surface area contributed by atoms with Crippen LogP contribution >= 0.6 is 23.1 Å². The highest BCUT2D eigenvalue weighted by molar-refractivity contribution is 8.00. The van der Waals surface area contributed by atoms with Gasteiger partial charge in [0.15, 0.2) is 0 Å². The van der Waals surface area contributed by atoms with Crippen molar-refractivity contribution in [2.45, 2.75) is 42.6 Å². The average molecular weight is 518 g/mol. The lowest BCUT2D eigenvalue weighted by molar-refractivity contribution is -0.139. The van der Waals surface area contributed by atoms with Crippen LogP contribution in [0.3, 0.4) is 0 Å². The summed E-state index contributed by atoms with van der Waals surface area (Å²) < 4.78 is 21.8. The van der Waals surface area contributed by atoms with Gasteiger partial charge in [0.1, 0.15) is 16.3 Å². The van der Waals surface area contributed by atoms with Gasteiger partial charge in [-0.1, -0.05) is 11.8 Å². The first-order valence-electron chi connectivity index (χ1n) is 12.1. The van der Waals surface area contributed by atoms with Crippen LogP contribution < -0.4 is 4.74 Å². The van der Waals surface area contributed by atoms with Crippen LogP contribution in [0.1, 0.15) is 43.8 Å². The summed E-state index contributed by atoms with van der Waals surface area (Å²) >= 11 is 3.43. The van der Waals surface area contributed by atoms with E-state index in [-0.39, 0.29) is 18.3 Å². The number of thiazole rings is 1. The Labute approximate surface area is 213 Å². The lowest BCUT2D eigenvalue weighted by Gasteiger charge is -2.38. The first-order valence-corrected chi connectivity index (χ1v) is 13.9. The third-order valence-electron chi connectivity index (χ3n) is 6.78. The first kappa shape index (κ1) is 25.9. The molecule has 0 saturated carbocycles. The molecule has 1 unspecified atom stereocenters. The average Bonchev–Trinajstić information content (AvgIpc) is 3.38. The highest BCUT2D eigenvalue weighted by atomic mass is 32.2. The van der Waals surface area contributed by atoms with E-state index in [0.29, 0.717) is 24.2 Å². The van der Waals surface area contributed by atoms with Crippen molar-refractivity contribution in [1.29, 1.82) is 0 Å². The van der Waals surface area contributed by atoms with Gasteiger partial charge >= 0.3 is 5.97 Å². The summed E-state index contributed by atoms with van der Waals surface area (Å²) in [6.07, 6.45) is 5.50. The lowest BCUT2D eigenvalue weighted by atomic mass is 9.79. The lowest BCUT2D eigenvalue weighted by Crippen LogP contribution is -2.42. The minimum atomic E-state index is -1.13. The Morgan fingerprint density at radius 2 is 2.20 bits per heavy atom. The standard InChI is InChI=1S/C26H32FN3O3S2/c1-33-20-4-6-24-22(16-20)21(7-9-28-24)23(27)5-3-18-8-12-30(17-19(18)15-25(31)32)11-2-13-34-26-29-10-14-35-26/h4,6-7,9-10,14,16,18-19,23H,2-3,5,8,11-13,15,17H2,1H3,(H,31,32)/t18-,19+,23?/m1/s1. The molecule has 1 N–H and O–H groups in total. The minimum absolute atomic E-state index is 0.0503. The van der Waals surface area contributed by atoms with E-state index in [0.717, 1.165) is 53.5 Å². The summed E-state index contributed by atoms with van der Waals surface area (Å²) in [5.41, 5.74) is 1.37. The molecule has 2 aromatic heterocycles. The van der Waals surface area contributed by atoms with Crippen LogP contribution in [-0.2, 0) is 4.79 Å². The molecule has 3 heterocycles. The van der Waals surface area contributed by atoms with Gasteiger partial charge in [0.05, 0.1) is 12.6 Å². The molecular weight excluding hydrogens is 485 g/mol. The van der Waals surface area contributed by atoms with Crippen LogP contribution in [0.15, 0.2) is 46.4 Å². The second kappa shape index (κ2) is 12.6. The number of hydrogen-bond donors (Lipinski definition) is 1. The zero-order valence-corrected chi connectivity index (χ0v) is 21.6. The summed E-state index contributed by atoms with van der Waals surface area (Å²) in [5.74, 6) is 1.18. The van der Waals surface area contributed by atoms with E-state index in [2.05, 4.69) is 14.9 Å². The summed E-state index contributed by atoms with van der Waals surface area (Å²) in [6.45, 7) is 2.66. The molecule has 188 valence electrons. The molecule has 3 atom stereocenters. The quantitative estimate of drug-likeness (QED) is 0.230. The normalized spacial score (nSPS) is 19.6. The van der Waals surface area contributed by atoms with Gasteiger partial charge in [0.2, 0.25) is 0 Å². The molecule has 4 rings (SSSR count). The van der Waals surface area contributed by atoms with E-state index in [1.807, 2.05) is 29.8 Å². The van der Waals surface area contributed by atoms with Gasteiger partial charge in [-0.25, -0.2) is 9.37 Å². The number of fused-ring (bicyclic) bond motifs is 1. The largest absolute Gasteiger partial charge is 0.497 e. The number of piperidine rings is 1. The van der Waals surface area contributed by atoms with Crippen LogP contribution in [0.4, 0.5) is 4.39 Å². The van der Waals surface area contributed by atoms with Crippen molar-refractivity contribution in [1.82, 2.24) is 14.9 Å². The maximum atomic E-state index is 15.4. The van der Waals surface area contributed by atoms with Crippen molar-refractivity contribution in [2.24, 2.45) is 11.8 Å². The summed E-state index contributed by atoms with van der Waals surface area (Å²) in [5, 5.41) is 12.2. The molecule has 1 aromatic carbocycles. The van der Waals surface area contributed by atoms with E-state index < -0.39 is 12.1 Å². The third-order valence-corrected chi connectivity index (χ3v) is 8.83. The molecule has 0 bridgehead atoms. The minimum Gasteiger partial charge on any atom is -0.497 e. The third kappa shape index (κ3) is 7.15. The number of nitrogens with zero attached hydrogens (tertiary/aromatic N) is 3. The fourth-order valence-electron chi connectivity index (χ4n) is 4.99. The topological polar surface area (TPSA) is 75.5 Å². The van der Waals surface area contributed by atoms with Gasteiger partial charge in [-0.05, 0) is 80.4 Å². The van der Waals surface area contributed by atoms with Crippen molar-refractivity contribution >= 4 is 40.0 Å². The Bertz CT molecular complexity index is 1100. The molecule has 6 nitrogen and oxygen atoms in total. The molecule has 0 radical (unpaired) electrons. The Morgan fingerprint density at radius 1 is 1.31 bits per heavy atom. The van der Waals surface area contributed by atoms with Crippen LogP contribution in [-0.4, -0.2) is 58.4 Å². The Kier molecular flexibility index (Phi) is 9.34. The maximum absolute atomic E-state index is 15.4. The first-order chi connectivity index (χ1) is 17.0. The fourth-order valence-corrected chi connectivity index (χ4v) is 6.62. The molecule has 1 fully saturated rings. The Hall–Kier alpha value is -2.23. The second-order valence-electron chi connectivity index (χ2n) is 9.04. The molecule has 9 heteroatoms. The van der Waals surface area contributed by atoms with Crippen molar-refractivity contribution in [2.75, 3.05) is 32.5 Å². The van der Waals surface area contributed by atoms with E-state index in [9.17, 15) is 9.90 Å². The van der Waals surface area contributed by atoms with E-state index in [4.69, 9.17) is 4.74 Å². The molecule has 1 saturated heterocycles. The highest BCUT2D eigenvalue weighted by Gasteiger charge is 2.31. The SMILES string of the molecule is COc1ccc2nccc(C(F)CC[C@@H]3CCN(CCCSc4nccs4)C[C@@H]3CC(=O)O)c2c1. The zero-order valence-electron chi connectivity index (χ0n) is 19.9. The van der Waals surface area contributed by atoms with Crippen molar-refractivity contribution in [3.8, 4) is 5.75 Å². The number of aromatic nitrogens is 2. The summed E-state index contributed by atoms with van der Waals surface area (Å²) in [7, 11) is 1.60. The molecule has 1 aliphatic heterocycles. The number of aliphatic carboxylic acids is 1. The predicted octanol–water partition coefficient (Wildman–Crippen LogP) is 6.09. The molecule has 3 aromatic rings. The molecule has 0 aliphatic carbocycles. The van der Waals surface area contributed by atoms with Gasteiger partial charge in [0.25, 0.3) is 0 Å². The smallest absolute Gasteiger partial charge is 0.303 e. The second-order valence-corrected chi connectivity index (χ2v) is 11.3. The molecule has 0 amide bonds. The highest BCUT2D eigenvalue weighted by Crippen LogP contribution is 2.36. The number of methoxy groups -OCH3 is 1. The van der Waals surface area contributed by atoms with E-state index in [1.54, 1.807) is 42.5 Å². The van der Waals surface area contributed by atoms with Gasteiger partial charge in [0, 0.05) is 41.9 Å². The van der Waals surface area contributed by atoms with Gasteiger partial charge in [-0.2, -0.15) is 0 Å². The fraction of sp³-hybridized carbons (Fsp3) is 0.500. The number of thioether (sulfide) groups is 1. The number of hydrogen-bond acceptors (Lipinski definition) is 7. The molecule has 35 heavy (non-hydrogen) atoms. The number of likely N-dealkylation sites (tertiary alicyclic amines) is 1. The van der Waals surface area contributed by atoms with Crippen molar-refractivity contribution in [3.63, 3.8) is 0 Å². The molecular formula is C26H32FN3O3S2. The molecule has 1 aliphatic rings. The van der Waals surface area contributed by atoms with Gasteiger partial charge in [-0.3, -0.25) is 9.78 Å². The molecule has 0 spiro atoms. The number of carboxylic acid groups (broad SMARTS) is 1. The van der Waals surface area contributed by atoms with Crippen LogP contribution in [0.25, 0.3) is 10.9 Å². The number of carbonyl (C=O) groups is 1. The van der Waals surface area contributed by atoms with Crippen molar-refractivity contribution in [3.05, 3.63) is 47.6 Å². The maximum Gasteiger partial charge on any atom is 0.303 e. The number of rotatable bonds is 12. The van der Waals surface area contributed by atoms with E-state index in [1.165, 1.54) is 0 Å². The van der Waals surface area contributed by atoms with Crippen LogP contribution in [0.2, 0.25) is 0 Å². The number of ether oxygens (including phenoxy) is 1. The Morgan fingerprint density at radius 3 is 2.97 bits per heavy atom. The van der Waals surface area contributed by atoms with E-state index >= 15 is 4.39 Å².